The van der Waals surface area contributed by atoms with Gasteiger partial charge in [0.2, 0.25) is 0 Å². The summed E-state index contributed by atoms with van der Waals surface area (Å²) in [6, 6.07) is -0.254. The van der Waals surface area contributed by atoms with Gasteiger partial charge in [-0.3, -0.25) is 4.79 Å². The first-order chi connectivity index (χ1) is 7.86. The number of carbonyl (C=O) groups excluding carboxylic acids is 1. The summed E-state index contributed by atoms with van der Waals surface area (Å²) in [6.45, 7) is 4.47. The van der Waals surface area contributed by atoms with Crippen molar-refractivity contribution < 1.29 is 19.8 Å². The Morgan fingerprint density at radius 3 is 2.59 bits per heavy atom. The number of aliphatic hydroxyl groups is 1. The molecule has 1 fully saturated rings. The lowest BCUT2D eigenvalue weighted by Gasteiger charge is -2.22. The lowest BCUT2D eigenvalue weighted by atomic mass is 9.94. The number of amides is 2. The van der Waals surface area contributed by atoms with Crippen LogP contribution in [0.4, 0.5) is 4.79 Å². The average Bonchev–Trinajstić information content (AvgIpc) is 2.74. The van der Waals surface area contributed by atoms with Crippen LogP contribution in [0.1, 0.15) is 20.3 Å². The van der Waals surface area contributed by atoms with E-state index in [0.29, 0.717) is 13.1 Å². The number of carbonyl (C=O) groups is 2. The number of aliphatic hydroxyl groups excluding tert-OH is 1. The van der Waals surface area contributed by atoms with E-state index in [2.05, 4.69) is 5.32 Å². The number of carboxylic acid groups (broad SMARTS) is 1. The Hall–Kier alpha value is -1.30. The average molecular weight is 244 g/mol. The summed E-state index contributed by atoms with van der Waals surface area (Å²) in [5.41, 5.74) is -0.967. The zero-order valence-electron chi connectivity index (χ0n) is 10.3. The zero-order chi connectivity index (χ0) is 13.1. The number of hydrogen-bond donors (Lipinski definition) is 3. The summed E-state index contributed by atoms with van der Waals surface area (Å²) < 4.78 is 0. The molecule has 0 spiro atoms. The highest BCUT2D eigenvalue weighted by atomic mass is 16.4. The SMILES string of the molecule is CC(C)(CNC(=O)N1CCC(CO)C1)C(=O)O. The molecule has 0 bridgehead atoms. The first kappa shape index (κ1) is 13.8. The minimum atomic E-state index is -0.967. The van der Waals surface area contributed by atoms with E-state index in [4.69, 9.17) is 10.2 Å². The molecule has 6 heteroatoms. The van der Waals surface area contributed by atoms with Gasteiger partial charge in [-0.15, -0.1) is 0 Å². The molecule has 0 aromatic heterocycles. The smallest absolute Gasteiger partial charge is 0.317 e. The Labute approximate surface area is 101 Å². The zero-order valence-corrected chi connectivity index (χ0v) is 10.3. The molecule has 0 aromatic rings. The molecule has 1 aliphatic rings. The standard InChI is InChI=1S/C11H20N2O4/c1-11(2,9(15)16)7-12-10(17)13-4-3-8(5-13)6-14/h8,14H,3-7H2,1-2H3,(H,12,17)(H,15,16). The van der Waals surface area contributed by atoms with E-state index >= 15 is 0 Å². The van der Waals surface area contributed by atoms with Crippen molar-refractivity contribution in [1.29, 1.82) is 0 Å². The van der Waals surface area contributed by atoms with Crippen LogP contribution in [0.25, 0.3) is 0 Å². The molecule has 1 heterocycles. The van der Waals surface area contributed by atoms with Crippen molar-refractivity contribution in [1.82, 2.24) is 10.2 Å². The molecule has 1 unspecified atom stereocenters. The number of rotatable bonds is 4. The Balaban J connectivity index is 2.38. The summed E-state index contributed by atoms with van der Waals surface area (Å²) in [5.74, 6) is -0.791. The van der Waals surface area contributed by atoms with E-state index in [1.54, 1.807) is 18.7 Å². The summed E-state index contributed by atoms with van der Waals surface area (Å²) in [7, 11) is 0. The molecule has 0 radical (unpaired) electrons. The summed E-state index contributed by atoms with van der Waals surface area (Å²) in [6.07, 6.45) is 0.798. The first-order valence-electron chi connectivity index (χ1n) is 5.74. The lowest BCUT2D eigenvalue weighted by molar-refractivity contribution is -0.146. The third-order valence-corrected chi connectivity index (χ3v) is 3.09. The molecule has 0 aromatic carbocycles. The van der Waals surface area contributed by atoms with Crippen LogP contribution in [0.3, 0.4) is 0 Å². The minimum Gasteiger partial charge on any atom is -0.481 e. The van der Waals surface area contributed by atoms with Gasteiger partial charge in [-0.1, -0.05) is 0 Å². The largest absolute Gasteiger partial charge is 0.481 e. The Morgan fingerprint density at radius 2 is 2.12 bits per heavy atom. The summed E-state index contributed by atoms with van der Waals surface area (Å²) in [5, 5.41) is 20.5. The maximum atomic E-state index is 11.7. The predicted octanol–water partition coefficient (Wildman–Crippen LogP) is 0.121. The number of likely N-dealkylation sites (tertiary alicyclic amines) is 1. The fourth-order valence-electron chi connectivity index (χ4n) is 1.65. The quantitative estimate of drug-likeness (QED) is 0.655. The van der Waals surface area contributed by atoms with Crippen LogP contribution >= 0.6 is 0 Å². The fourth-order valence-corrected chi connectivity index (χ4v) is 1.65. The van der Waals surface area contributed by atoms with Crippen molar-refractivity contribution in [2.24, 2.45) is 11.3 Å². The molecule has 1 saturated heterocycles. The number of nitrogens with zero attached hydrogens (tertiary/aromatic N) is 1. The molecule has 0 aliphatic carbocycles. The van der Waals surface area contributed by atoms with Crippen molar-refractivity contribution in [3.05, 3.63) is 0 Å². The maximum absolute atomic E-state index is 11.7. The molecule has 1 atom stereocenters. The van der Waals surface area contributed by atoms with Crippen molar-refractivity contribution >= 4 is 12.0 Å². The van der Waals surface area contributed by atoms with Gasteiger partial charge in [0.05, 0.1) is 5.41 Å². The van der Waals surface area contributed by atoms with Crippen LogP contribution in [-0.4, -0.2) is 53.4 Å². The van der Waals surface area contributed by atoms with Gasteiger partial charge in [-0.2, -0.15) is 0 Å². The van der Waals surface area contributed by atoms with Crippen molar-refractivity contribution in [3.63, 3.8) is 0 Å². The van der Waals surface area contributed by atoms with Gasteiger partial charge in [-0.05, 0) is 20.3 Å². The van der Waals surface area contributed by atoms with Gasteiger partial charge in [0.1, 0.15) is 0 Å². The predicted molar refractivity (Wildman–Crippen MR) is 61.6 cm³/mol. The highest BCUT2D eigenvalue weighted by Gasteiger charge is 2.30. The summed E-state index contributed by atoms with van der Waals surface area (Å²) in [4.78, 5) is 24.2. The van der Waals surface area contributed by atoms with Gasteiger partial charge in [0, 0.05) is 32.2 Å². The number of urea groups is 1. The van der Waals surface area contributed by atoms with E-state index < -0.39 is 11.4 Å². The molecule has 1 rings (SSSR count). The second-order valence-corrected chi connectivity index (χ2v) is 5.13. The van der Waals surface area contributed by atoms with Crippen molar-refractivity contribution in [2.75, 3.05) is 26.2 Å². The third-order valence-electron chi connectivity index (χ3n) is 3.09. The van der Waals surface area contributed by atoms with Crippen LogP contribution in [0, 0.1) is 11.3 Å². The van der Waals surface area contributed by atoms with Gasteiger partial charge >= 0.3 is 12.0 Å². The summed E-state index contributed by atoms with van der Waals surface area (Å²) >= 11 is 0. The number of hydrogen-bond acceptors (Lipinski definition) is 3. The molecule has 1 aliphatic heterocycles. The van der Waals surface area contributed by atoms with Crippen LogP contribution in [0.15, 0.2) is 0 Å². The van der Waals surface area contributed by atoms with Crippen LogP contribution in [0.2, 0.25) is 0 Å². The van der Waals surface area contributed by atoms with Crippen LogP contribution in [0.5, 0.6) is 0 Å². The van der Waals surface area contributed by atoms with Crippen molar-refractivity contribution in [3.8, 4) is 0 Å². The Kier molecular flexibility index (Phi) is 4.34. The Bertz CT molecular complexity index is 304. The Morgan fingerprint density at radius 1 is 1.47 bits per heavy atom. The molecule has 2 amide bonds. The molecular weight excluding hydrogens is 224 g/mol. The fraction of sp³-hybridized carbons (Fsp3) is 0.818. The van der Waals surface area contributed by atoms with Crippen molar-refractivity contribution in [2.45, 2.75) is 20.3 Å². The monoisotopic (exact) mass is 244 g/mol. The maximum Gasteiger partial charge on any atom is 0.317 e. The van der Waals surface area contributed by atoms with Gasteiger partial charge < -0.3 is 20.4 Å². The van der Waals surface area contributed by atoms with E-state index in [1.807, 2.05) is 0 Å². The molecule has 3 N–H and O–H groups in total. The number of nitrogens with one attached hydrogen (secondary N) is 1. The highest BCUT2D eigenvalue weighted by Crippen LogP contribution is 2.16. The normalized spacial score (nSPS) is 20.4. The van der Waals surface area contributed by atoms with Crippen LogP contribution < -0.4 is 5.32 Å². The molecule has 0 saturated carbocycles. The number of carboxylic acids is 1. The van der Waals surface area contributed by atoms with Crippen LogP contribution in [-0.2, 0) is 4.79 Å². The first-order valence-corrected chi connectivity index (χ1v) is 5.74. The van der Waals surface area contributed by atoms with E-state index in [9.17, 15) is 9.59 Å². The highest BCUT2D eigenvalue weighted by molar-refractivity contribution is 5.77. The second kappa shape index (κ2) is 5.35. The molecular formula is C11H20N2O4. The number of aliphatic carboxylic acids is 1. The second-order valence-electron chi connectivity index (χ2n) is 5.13. The molecule has 17 heavy (non-hydrogen) atoms. The van der Waals surface area contributed by atoms with E-state index in [-0.39, 0.29) is 25.1 Å². The van der Waals surface area contributed by atoms with Gasteiger partial charge in [0.25, 0.3) is 0 Å². The van der Waals surface area contributed by atoms with Gasteiger partial charge in [-0.25, -0.2) is 4.79 Å². The molecule has 6 nitrogen and oxygen atoms in total. The lowest BCUT2D eigenvalue weighted by Crippen LogP contribution is -2.44. The third kappa shape index (κ3) is 3.59. The van der Waals surface area contributed by atoms with Gasteiger partial charge in [0.15, 0.2) is 0 Å². The van der Waals surface area contributed by atoms with E-state index in [0.717, 1.165) is 6.42 Å². The molecule has 98 valence electrons. The minimum absolute atomic E-state index is 0.0877. The van der Waals surface area contributed by atoms with E-state index in [1.165, 1.54) is 0 Å². The topological polar surface area (TPSA) is 89.9 Å².